The van der Waals surface area contributed by atoms with Crippen molar-refractivity contribution in [1.29, 1.82) is 0 Å². The summed E-state index contributed by atoms with van der Waals surface area (Å²) in [5.74, 6) is 0.223. The highest BCUT2D eigenvalue weighted by Gasteiger charge is 2.38. The topological polar surface area (TPSA) is 85.2 Å². The van der Waals surface area contributed by atoms with Crippen LogP contribution >= 0.6 is 0 Å². The van der Waals surface area contributed by atoms with E-state index in [4.69, 9.17) is 14.2 Å². The number of hydrogen-bond acceptors (Lipinski definition) is 6. The molecular formula is C20H22O6. The SMILES string of the molecule is COc1ccc([C@H]2C[C@@H](O)[C@H](O)[C@@H](COC(=O)c3ccccc3)O2)cc1. The molecule has 1 heterocycles. The Balaban J connectivity index is 1.64. The Hall–Kier alpha value is -2.41. The summed E-state index contributed by atoms with van der Waals surface area (Å²) >= 11 is 0. The Bertz CT molecular complexity index is 715. The molecule has 1 aliphatic rings. The van der Waals surface area contributed by atoms with Gasteiger partial charge >= 0.3 is 5.97 Å². The zero-order chi connectivity index (χ0) is 18.5. The molecule has 6 heteroatoms. The van der Waals surface area contributed by atoms with E-state index in [-0.39, 0.29) is 13.0 Å². The summed E-state index contributed by atoms with van der Waals surface area (Å²) in [5, 5.41) is 20.3. The number of aliphatic hydroxyl groups is 2. The fraction of sp³-hybridized carbons (Fsp3) is 0.350. The summed E-state index contributed by atoms with van der Waals surface area (Å²) in [6.07, 6.45) is -3.03. The molecule has 138 valence electrons. The molecule has 1 fully saturated rings. The Morgan fingerprint density at radius 2 is 1.81 bits per heavy atom. The smallest absolute Gasteiger partial charge is 0.338 e. The number of carbonyl (C=O) groups is 1. The second-order valence-electron chi connectivity index (χ2n) is 6.19. The summed E-state index contributed by atoms with van der Waals surface area (Å²) in [6.45, 7) is -0.140. The van der Waals surface area contributed by atoms with Gasteiger partial charge in [-0.15, -0.1) is 0 Å². The maximum absolute atomic E-state index is 12.1. The molecule has 2 aromatic rings. The molecule has 4 atom stereocenters. The molecule has 0 aliphatic carbocycles. The number of esters is 1. The highest BCUT2D eigenvalue weighted by molar-refractivity contribution is 5.89. The van der Waals surface area contributed by atoms with Crippen LogP contribution in [0.15, 0.2) is 54.6 Å². The fourth-order valence-electron chi connectivity index (χ4n) is 2.94. The minimum absolute atomic E-state index is 0.140. The third-order valence-electron chi connectivity index (χ3n) is 4.45. The van der Waals surface area contributed by atoms with Crippen LogP contribution in [0.1, 0.15) is 28.4 Å². The standard InChI is InChI=1S/C20H22O6/c1-24-15-9-7-13(8-10-15)17-11-16(21)19(22)18(26-17)12-25-20(23)14-5-3-2-4-6-14/h2-10,16-19,21-22H,11-12H2,1H3/t16-,17-,18-,19+/m1/s1. The maximum Gasteiger partial charge on any atom is 0.338 e. The molecule has 0 aromatic heterocycles. The van der Waals surface area contributed by atoms with Crippen LogP contribution in [-0.4, -0.2) is 48.2 Å². The molecule has 3 rings (SSSR count). The van der Waals surface area contributed by atoms with Gasteiger partial charge in [0.05, 0.1) is 24.9 Å². The van der Waals surface area contributed by atoms with Gasteiger partial charge in [-0.3, -0.25) is 0 Å². The van der Waals surface area contributed by atoms with Crippen LogP contribution in [0, 0.1) is 0 Å². The van der Waals surface area contributed by atoms with Crippen molar-refractivity contribution in [3.8, 4) is 5.75 Å². The minimum atomic E-state index is -1.12. The Morgan fingerprint density at radius 1 is 1.12 bits per heavy atom. The quantitative estimate of drug-likeness (QED) is 0.797. The highest BCUT2D eigenvalue weighted by Crippen LogP contribution is 2.32. The normalized spacial score (nSPS) is 25.5. The van der Waals surface area contributed by atoms with Crippen LogP contribution in [0.5, 0.6) is 5.75 Å². The van der Waals surface area contributed by atoms with Crippen molar-refractivity contribution in [2.45, 2.75) is 30.8 Å². The summed E-state index contributed by atoms with van der Waals surface area (Å²) in [6, 6.07) is 15.9. The molecule has 26 heavy (non-hydrogen) atoms. The summed E-state index contributed by atoms with van der Waals surface area (Å²) in [4.78, 5) is 12.1. The summed E-state index contributed by atoms with van der Waals surface area (Å²) in [7, 11) is 1.59. The van der Waals surface area contributed by atoms with Crippen molar-refractivity contribution >= 4 is 5.97 Å². The largest absolute Gasteiger partial charge is 0.497 e. The third kappa shape index (κ3) is 4.22. The molecular weight excluding hydrogens is 336 g/mol. The van der Waals surface area contributed by atoms with Crippen molar-refractivity contribution in [3.63, 3.8) is 0 Å². The number of aliphatic hydroxyl groups excluding tert-OH is 2. The van der Waals surface area contributed by atoms with E-state index in [1.54, 1.807) is 49.6 Å². The first-order chi connectivity index (χ1) is 12.6. The van der Waals surface area contributed by atoms with Gasteiger partial charge in [0, 0.05) is 6.42 Å². The monoisotopic (exact) mass is 358 g/mol. The van der Waals surface area contributed by atoms with Gasteiger partial charge in [-0.25, -0.2) is 4.79 Å². The van der Waals surface area contributed by atoms with Crippen LogP contribution in [0.3, 0.4) is 0 Å². The first kappa shape index (κ1) is 18.4. The fourth-order valence-corrected chi connectivity index (χ4v) is 2.94. The molecule has 0 spiro atoms. The first-order valence-corrected chi connectivity index (χ1v) is 8.46. The van der Waals surface area contributed by atoms with Crippen molar-refractivity contribution in [2.75, 3.05) is 13.7 Å². The first-order valence-electron chi connectivity index (χ1n) is 8.46. The Kier molecular flexibility index (Phi) is 5.88. The van der Waals surface area contributed by atoms with Crippen LogP contribution < -0.4 is 4.74 Å². The molecule has 0 bridgehead atoms. The lowest BCUT2D eigenvalue weighted by atomic mass is 9.94. The van der Waals surface area contributed by atoms with Gasteiger partial charge in [0.25, 0.3) is 0 Å². The number of carbonyl (C=O) groups excluding carboxylic acids is 1. The van der Waals surface area contributed by atoms with Gasteiger partial charge in [-0.2, -0.15) is 0 Å². The van der Waals surface area contributed by atoms with E-state index < -0.39 is 30.4 Å². The lowest BCUT2D eigenvalue weighted by molar-refractivity contribution is -0.182. The molecule has 2 N–H and O–H groups in total. The van der Waals surface area contributed by atoms with E-state index in [1.165, 1.54) is 0 Å². The van der Waals surface area contributed by atoms with Gasteiger partial charge in [0.1, 0.15) is 24.6 Å². The van der Waals surface area contributed by atoms with Crippen molar-refractivity contribution in [1.82, 2.24) is 0 Å². The van der Waals surface area contributed by atoms with Crippen molar-refractivity contribution in [2.24, 2.45) is 0 Å². The Morgan fingerprint density at radius 3 is 2.46 bits per heavy atom. The van der Waals surface area contributed by atoms with E-state index in [0.29, 0.717) is 5.56 Å². The van der Waals surface area contributed by atoms with E-state index in [2.05, 4.69) is 0 Å². The van der Waals surface area contributed by atoms with Crippen molar-refractivity contribution < 1.29 is 29.2 Å². The van der Waals surface area contributed by atoms with Crippen molar-refractivity contribution in [3.05, 3.63) is 65.7 Å². The molecule has 0 radical (unpaired) electrons. The molecule has 6 nitrogen and oxygen atoms in total. The van der Waals surface area contributed by atoms with Gasteiger partial charge in [-0.05, 0) is 29.8 Å². The summed E-state index contributed by atoms with van der Waals surface area (Å²) < 4.78 is 16.3. The lowest BCUT2D eigenvalue weighted by Crippen LogP contribution is -2.48. The zero-order valence-electron chi connectivity index (χ0n) is 14.4. The van der Waals surface area contributed by atoms with Crippen LogP contribution in [0.4, 0.5) is 0 Å². The second kappa shape index (κ2) is 8.31. The third-order valence-corrected chi connectivity index (χ3v) is 4.45. The highest BCUT2D eigenvalue weighted by atomic mass is 16.6. The molecule has 0 saturated carbocycles. The molecule has 0 unspecified atom stereocenters. The van der Waals surface area contributed by atoms with Gasteiger partial charge in [0.15, 0.2) is 0 Å². The Labute approximate surface area is 151 Å². The van der Waals surface area contributed by atoms with Gasteiger partial charge in [-0.1, -0.05) is 30.3 Å². The maximum atomic E-state index is 12.1. The van der Waals surface area contributed by atoms with Gasteiger partial charge in [0.2, 0.25) is 0 Å². The summed E-state index contributed by atoms with van der Waals surface area (Å²) in [5.41, 5.74) is 1.28. The predicted octanol–water partition coefficient (Wildman–Crippen LogP) is 2.10. The number of benzene rings is 2. The number of ether oxygens (including phenoxy) is 3. The van der Waals surface area contributed by atoms with Gasteiger partial charge < -0.3 is 24.4 Å². The van der Waals surface area contributed by atoms with Crippen LogP contribution in [-0.2, 0) is 9.47 Å². The number of hydrogen-bond donors (Lipinski definition) is 2. The molecule has 2 aromatic carbocycles. The molecule has 1 saturated heterocycles. The van der Waals surface area contributed by atoms with Crippen LogP contribution in [0.25, 0.3) is 0 Å². The average molecular weight is 358 g/mol. The number of methoxy groups -OCH3 is 1. The predicted molar refractivity (Wildman–Crippen MR) is 94.0 cm³/mol. The van der Waals surface area contributed by atoms with E-state index in [0.717, 1.165) is 11.3 Å². The lowest BCUT2D eigenvalue weighted by Gasteiger charge is -2.37. The van der Waals surface area contributed by atoms with E-state index >= 15 is 0 Å². The van der Waals surface area contributed by atoms with Crippen LogP contribution in [0.2, 0.25) is 0 Å². The average Bonchev–Trinajstić information content (AvgIpc) is 2.69. The second-order valence-corrected chi connectivity index (χ2v) is 6.19. The molecule has 0 amide bonds. The number of rotatable bonds is 5. The van der Waals surface area contributed by atoms with E-state index in [1.807, 2.05) is 12.1 Å². The zero-order valence-corrected chi connectivity index (χ0v) is 14.4. The van der Waals surface area contributed by atoms with E-state index in [9.17, 15) is 15.0 Å². The molecule has 1 aliphatic heterocycles. The minimum Gasteiger partial charge on any atom is -0.497 e.